The molecule has 0 aromatic rings. The zero-order chi connectivity index (χ0) is 16.7. The van der Waals surface area contributed by atoms with Crippen LogP contribution in [0.5, 0.6) is 0 Å². The summed E-state index contributed by atoms with van der Waals surface area (Å²) in [5.74, 6) is -1.73. The monoisotopic (exact) mass is 345 g/mol. The number of aliphatic carboxylic acids is 1. The van der Waals surface area contributed by atoms with E-state index in [0.717, 1.165) is 12.5 Å². The van der Waals surface area contributed by atoms with Gasteiger partial charge in [0.15, 0.2) is 0 Å². The van der Waals surface area contributed by atoms with Crippen LogP contribution < -0.4 is 15.4 Å². The average Bonchev–Trinajstić information content (AvgIpc) is 2.27. The zero-order valence-electron chi connectivity index (χ0n) is 11.6. The molecular formula is C9H19N3O7S2. The molecule has 0 rings (SSSR count). The third kappa shape index (κ3) is 12.1. The molecule has 124 valence electrons. The van der Waals surface area contributed by atoms with Crippen molar-refractivity contribution in [3.63, 3.8) is 0 Å². The van der Waals surface area contributed by atoms with E-state index in [1.807, 2.05) is 0 Å². The van der Waals surface area contributed by atoms with Crippen molar-refractivity contribution < 1.29 is 31.5 Å². The number of hydrogen-bond donors (Lipinski definition) is 4. The number of sulfone groups is 1. The predicted molar refractivity (Wildman–Crippen MR) is 75.1 cm³/mol. The molecule has 0 saturated carbocycles. The van der Waals surface area contributed by atoms with E-state index >= 15 is 0 Å². The van der Waals surface area contributed by atoms with Crippen molar-refractivity contribution in [2.75, 3.05) is 31.4 Å². The van der Waals surface area contributed by atoms with Gasteiger partial charge in [0.1, 0.15) is 15.9 Å². The van der Waals surface area contributed by atoms with E-state index in [-0.39, 0.29) is 25.3 Å². The third-order valence-electron chi connectivity index (χ3n) is 2.16. The van der Waals surface area contributed by atoms with Crippen LogP contribution >= 0.6 is 0 Å². The summed E-state index contributed by atoms with van der Waals surface area (Å²) in [6, 6.07) is -2.17. The van der Waals surface area contributed by atoms with Crippen LogP contribution in [0.3, 0.4) is 0 Å². The van der Waals surface area contributed by atoms with Gasteiger partial charge in [-0.1, -0.05) is 0 Å². The molecule has 0 bridgehead atoms. The molecule has 0 aliphatic carbocycles. The van der Waals surface area contributed by atoms with E-state index in [1.165, 1.54) is 0 Å². The number of carbonyl (C=O) groups excluding carboxylic acids is 1. The second kappa shape index (κ2) is 8.14. The fourth-order valence-electron chi connectivity index (χ4n) is 1.21. The molecule has 21 heavy (non-hydrogen) atoms. The van der Waals surface area contributed by atoms with Gasteiger partial charge in [0.2, 0.25) is 10.0 Å². The molecule has 0 aliphatic rings. The van der Waals surface area contributed by atoms with Gasteiger partial charge in [-0.25, -0.2) is 31.1 Å². The van der Waals surface area contributed by atoms with Gasteiger partial charge in [-0.05, 0) is 6.42 Å². The molecule has 10 nitrogen and oxygen atoms in total. The lowest BCUT2D eigenvalue weighted by Gasteiger charge is -2.14. The van der Waals surface area contributed by atoms with Crippen molar-refractivity contribution in [1.82, 2.24) is 15.4 Å². The Balaban J connectivity index is 4.21. The Bertz CT molecular complexity index is 570. The zero-order valence-corrected chi connectivity index (χ0v) is 13.3. The highest BCUT2D eigenvalue weighted by atomic mass is 32.2. The minimum atomic E-state index is -3.37. The topological polar surface area (TPSA) is 159 Å². The van der Waals surface area contributed by atoms with Gasteiger partial charge in [0.05, 0.1) is 12.0 Å². The van der Waals surface area contributed by atoms with Crippen molar-refractivity contribution in [3.05, 3.63) is 0 Å². The maximum atomic E-state index is 11.4. The SMILES string of the molecule is CS(=O)(=O)CCC(NC(=O)NCCNS(C)(=O)=O)C(=O)O. The maximum Gasteiger partial charge on any atom is 0.326 e. The summed E-state index contributed by atoms with van der Waals surface area (Å²) in [5, 5.41) is 13.2. The Labute approximate surface area is 123 Å². The highest BCUT2D eigenvalue weighted by Gasteiger charge is 2.21. The van der Waals surface area contributed by atoms with E-state index in [4.69, 9.17) is 5.11 Å². The molecule has 0 spiro atoms. The molecule has 2 amide bonds. The van der Waals surface area contributed by atoms with E-state index in [1.54, 1.807) is 0 Å². The quantitative estimate of drug-likeness (QED) is 0.343. The summed E-state index contributed by atoms with van der Waals surface area (Å²) in [7, 11) is -6.70. The Hall–Kier alpha value is -1.40. The molecule has 0 heterocycles. The van der Waals surface area contributed by atoms with Crippen LogP contribution in [0.4, 0.5) is 4.79 Å². The Kier molecular flexibility index (Phi) is 7.60. The predicted octanol–water partition coefficient (Wildman–Crippen LogP) is -2.28. The molecule has 4 N–H and O–H groups in total. The van der Waals surface area contributed by atoms with E-state index in [0.29, 0.717) is 0 Å². The first-order valence-electron chi connectivity index (χ1n) is 5.80. The third-order valence-corrected chi connectivity index (χ3v) is 3.86. The summed E-state index contributed by atoms with van der Waals surface area (Å²) in [6.45, 7) is -0.0926. The lowest BCUT2D eigenvalue weighted by Crippen LogP contribution is -2.48. The molecule has 12 heteroatoms. The summed E-state index contributed by atoms with van der Waals surface area (Å²) >= 11 is 0. The van der Waals surface area contributed by atoms with Crippen LogP contribution in [0.2, 0.25) is 0 Å². The van der Waals surface area contributed by atoms with Crippen molar-refractivity contribution in [1.29, 1.82) is 0 Å². The first-order valence-corrected chi connectivity index (χ1v) is 9.75. The van der Waals surface area contributed by atoms with Crippen LogP contribution in [0.15, 0.2) is 0 Å². The molecular weight excluding hydrogens is 326 g/mol. The lowest BCUT2D eigenvalue weighted by atomic mass is 10.2. The number of carboxylic acids is 1. The highest BCUT2D eigenvalue weighted by Crippen LogP contribution is 1.97. The molecule has 0 aliphatic heterocycles. The molecule has 0 saturated heterocycles. The molecule has 0 radical (unpaired) electrons. The lowest BCUT2D eigenvalue weighted by molar-refractivity contribution is -0.139. The Morgan fingerprint density at radius 3 is 2.10 bits per heavy atom. The summed E-state index contributed by atoms with van der Waals surface area (Å²) < 4.78 is 45.6. The molecule has 1 atom stereocenters. The van der Waals surface area contributed by atoms with Crippen LogP contribution in [0.25, 0.3) is 0 Å². The normalized spacial score (nSPS) is 13.4. The summed E-state index contributed by atoms with van der Waals surface area (Å²) in [6.07, 6.45) is 1.66. The Morgan fingerprint density at radius 2 is 1.67 bits per heavy atom. The number of nitrogens with one attached hydrogen (secondary N) is 3. The first kappa shape index (κ1) is 19.6. The van der Waals surface area contributed by atoms with Gasteiger partial charge in [0.25, 0.3) is 0 Å². The fraction of sp³-hybridized carbons (Fsp3) is 0.778. The number of rotatable bonds is 9. The fourth-order valence-corrected chi connectivity index (χ4v) is 2.35. The van der Waals surface area contributed by atoms with Crippen molar-refractivity contribution in [3.8, 4) is 0 Å². The van der Waals surface area contributed by atoms with E-state index < -0.39 is 37.9 Å². The van der Waals surface area contributed by atoms with Gasteiger partial charge >= 0.3 is 12.0 Å². The van der Waals surface area contributed by atoms with Crippen LogP contribution in [-0.4, -0.2) is 71.3 Å². The van der Waals surface area contributed by atoms with E-state index in [2.05, 4.69) is 15.4 Å². The number of carbonyl (C=O) groups is 2. The number of sulfonamides is 1. The van der Waals surface area contributed by atoms with Gasteiger partial charge in [0, 0.05) is 19.3 Å². The smallest absolute Gasteiger partial charge is 0.326 e. The summed E-state index contributed by atoms with van der Waals surface area (Å²) in [4.78, 5) is 22.3. The number of carboxylic acid groups (broad SMARTS) is 1. The van der Waals surface area contributed by atoms with Gasteiger partial charge in [-0.3, -0.25) is 0 Å². The highest BCUT2D eigenvalue weighted by molar-refractivity contribution is 7.90. The number of urea groups is 1. The van der Waals surface area contributed by atoms with E-state index in [9.17, 15) is 26.4 Å². The van der Waals surface area contributed by atoms with Gasteiger partial charge < -0.3 is 15.7 Å². The van der Waals surface area contributed by atoms with Crippen LogP contribution in [0.1, 0.15) is 6.42 Å². The van der Waals surface area contributed by atoms with Crippen LogP contribution in [0, 0.1) is 0 Å². The second-order valence-corrected chi connectivity index (χ2v) is 8.47. The molecule has 0 aromatic heterocycles. The van der Waals surface area contributed by atoms with Gasteiger partial charge in [-0.15, -0.1) is 0 Å². The average molecular weight is 345 g/mol. The Morgan fingerprint density at radius 1 is 1.10 bits per heavy atom. The first-order chi connectivity index (χ1) is 9.41. The maximum absolute atomic E-state index is 11.4. The van der Waals surface area contributed by atoms with Crippen molar-refractivity contribution in [2.45, 2.75) is 12.5 Å². The molecule has 1 unspecified atom stereocenters. The number of amides is 2. The molecule has 0 aromatic carbocycles. The summed E-state index contributed by atoms with van der Waals surface area (Å²) in [5.41, 5.74) is 0. The van der Waals surface area contributed by atoms with Crippen LogP contribution in [-0.2, 0) is 24.7 Å². The largest absolute Gasteiger partial charge is 0.480 e. The van der Waals surface area contributed by atoms with Gasteiger partial charge in [-0.2, -0.15) is 0 Å². The minimum absolute atomic E-state index is 0.0443. The standard InChI is InChI=1S/C9H19N3O7S2/c1-20(16,17)6-3-7(8(13)14)12-9(15)10-4-5-11-21(2,18)19/h7,11H,3-6H2,1-2H3,(H,13,14)(H2,10,12,15). The number of hydrogen-bond acceptors (Lipinski definition) is 6. The van der Waals surface area contributed by atoms with Crippen molar-refractivity contribution >= 4 is 31.9 Å². The minimum Gasteiger partial charge on any atom is -0.480 e. The molecule has 0 fully saturated rings. The second-order valence-electron chi connectivity index (χ2n) is 4.38. The van der Waals surface area contributed by atoms with Crippen molar-refractivity contribution in [2.24, 2.45) is 0 Å².